The van der Waals surface area contributed by atoms with Crippen LogP contribution in [0.5, 0.6) is 5.75 Å². The van der Waals surface area contributed by atoms with Gasteiger partial charge in [-0.2, -0.15) is 0 Å². The van der Waals surface area contributed by atoms with Crippen LogP contribution in [0.3, 0.4) is 0 Å². The van der Waals surface area contributed by atoms with Gasteiger partial charge >= 0.3 is 0 Å². The minimum absolute atomic E-state index is 0.00138. The molecular formula is C16H24N2O2. The van der Waals surface area contributed by atoms with Crippen LogP contribution in [0, 0.1) is 0 Å². The molecule has 110 valence electrons. The molecule has 1 aliphatic heterocycles. The van der Waals surface area contributed by atoms with Crippen LogP contribution in [0.2, 0.25) is 0 Å². The maximum atomic E-state index is 12.8. The molecule has 0 radical (unpaired) electrons. The van der Waals surface area contributed by atoms with Gasteiger partial charge in [-0.1, -0.05) is 12.1 Å². The highest BCUT2D eigenvalue weighted by Crippen LogP contribution is 2.25. The molecule has 1 fully saturated rings. The van der Waals surface area contributed by atoms with E-state index in [0.717, 1.165) is 25.8 Å². The molecule has 0 bridgehead atoms. The average molecular weight is 276 g/mol. The average Bonchev–Trinajstić information content (AvgIpc) is 2.47. The standard InChI is InChI=1S/C16H24N2O2/c1-3-20-15-10-5-4-8-13(15)16(19)18-11-7-6-9-14(18)12(2)17/h4-5,8,10,12,14H,3,6-7,9,11,17H2,1-2H3. The highest BCUT2D eigenvalue weighted by atomic mass is 16.5. The fourth-order valence-corrected chi connectivity index (χ4v) is 2.84. The van der Waals surface area contributed by atoms with Gasteiger partial charge in [0.05, 0.1) is 12.2 Å². The van der Waals surface area contributed by atoms with Gasteiger partial charge < -0.3 is 15.4 Å². The van der Waals surface area contributed by atoms with E-state index < -0.39 is 0 Å². The first kappa shape index (κ1) is 14.9. The number of hydrogen-bond donors (Lipinski definition) is 1. The molecule has 1 heterocycles. The van der Waals surface area contributed by atoms with E-state index in [1.54, 1.807) is 0 Å². The van der Waals surface area contributed by atoms with Crippen molar-refractivity contribution >= 4 is 5.91 Å². The lowest BCUT2D eigenvalue weighted by Gasteiger charge is -2.38. The van der Waals surface area contributed by atoms with E-state index in [-0.39, 0.29) is 18.0 Å². The highest BCUT2D eigenvalue weighted by molar-refractivity contribution is 5.97. The predicted molar refractivity (Wildman–Crippen MR) is 79.9 cm³/mol. The zero-order valence-corrected chi connectivity index (χ0v) is 12.3. The second-order valence-electron chi connectivity index (χ2n) is 5.35. The number of likely N-dealkylation sites (tertiary alicyclic amines) is 1. The first-order valence-electron chi connectivity index (χ1n) is 7.43. The molecular weight excluding hydrogens is 252 g/mol. The lowest BCUT2D eigenvalue weighted by molar-refractivity contribution is 0.0580. The molecule has 1 aromatic rings. The smallest absolute Gasteiger partial charge is 0.257 e. The quantitative estimate of drug-likeness (QED) is 0.919. The van der Waals surface area contributed by atoms with Gasteiger partial charge in [-0.25, -0.2) is 0 Å². The van der Waals surface area contributed by atoms with Gasteiger partial charge in [0.15, 0.2) is 0 Å². The van der Waals surface area contributed by atoms with Crippen LogP contribution in [0.4, 0.5) is 0 Å². The van der Waals surface area contributed by atoms with Gasteiger partial charge in [-0.3, -0.25) is 4.79 Å². The summed E-state index contributed by atoms with van der Waals surface area (Å²) in [6.45, 7) is 5.24. The molecule has 0 spiro atoms. The molecule has 0 aromatic heterocycles. The maximum Gasteiger partial charge on any atom is 0.257 e. The van der Waals surface area contributed by atoms with E-state index in [0.29, 0.717) is 17.9 Å². The van der Waals surface area contributed by atoms with Crippen molar-refractivity contribution in [3.05, 3.63) is 29.8 Å². The molecule has 2 atom stereocenters. The van der Waals surface area contributed by atoms with Crippen molar-refractivity contribution in [1.29, 1.82) is 0 Å². The third-order valence-electron chi connectivity index (χ3n) is 3.83. The number of rotatable bonds is 4. The number of ether oxygens (including phenoxy) is 1. The van der Waals surface area contributed by atoms with Crippen molar-refractivity contribution in [2.45, 2.75) is 45.2 Å². The molecule has 4 heteroatoms. The fraction of sp³-hybridized carbons (Fsp3) is 0.562. The first-order chi connectivity index (χ1) is 9.65. The summed E-state index contributed by atoms with van der Waals surface area (Å²) in [4.78, 5) is 14.7. The number of nitrogens with two attached hydrogens (primary N) is 1. The zero-order chi connectivity index (χ0) is 14.5. The van der Waals surface area contributed by atoms with Crippen molar-refractivity contribution in [1.82, 2.24) is 4.90 Å². The number of carbonyl (C=O) groups is 1. The van der Waals surface area contributed by atoms with E-state index in [2.05, 4.69) is 0 Å². The molecule has 1 saturated heterocycles. The van der Waals surface area contributed by atoms with Gasteiger partial charge in [0.2, 0.25) is 0 Å². The minimum Gasteiger partial charge on any atom is -0.493 e. The SMILES string of the molecule is CCOc1ccccc1C(=O)N1CCCCC1C(C)N. The van der Waals surface area contributed by atoms with Gasteiger partial charge in [0.1, 0.15) is 5.75 Å². The summed E-state index contributed by atoms with van der Waals surface area (Å²) in [6.07, 6.45) is 3.18. The summed E-state index contributed by atoms with van der Waals surface area (Å²) >= 11 is 0. The Hall–Kier alpha value is -1.55. The monoisotopic (exact) mass is 276 g/mol. The summed E-state index contributed by atoms with van der Waals surface area (Å²) in [5, 5.41) is 0. The Morgan fingerprint density at radius 1 is 1.45 bits per heavy atom. The molecule has 2 rings (SSSR count). The number of carbonyl (C=O) groups excluding carboxylic acids is 1. The minimum atomic E-state index is -0.00138. The van der Waals surface area contributed by atoms with Crippen LogP contribution in [0.15, 0.2) is 24.3 Å². The molecule has 20 heavy (non-hydrogen) atoms. The zero-order valence-electron chi connectivity index (χ0n) is 12.3. The van der Waals surface area contributed by atoms with Gasteiger partial charge in [-0.05, 0) is 45.2 Å². The Balaban J connectivity index is 2.25. The van der Waals surface area contributed by atoms with E-state index in [1.165, 1.54) is 0 Å². The number of nitrogens with zero attached hydrogens (tertiary/aromatic N) is 1. The van der Waals surface area contributed by atoms with Crippen LogP contribution >= 0.6 is 0 Å². The first-order valence-corrected chi connectivity index (χ1v) is 7.43. The lowest BCUT2D eigenvalue weighted by Crippen LogP contribution is -2.51. The second kappa shape index (κ2) is 6.75. The Labute approximate surface area is 120 Å². The Kier molecular flexibility index (Phi) is 5.01. The molecule has 0 saturated carbocycles. The lowest BCUT2D eigenvalue weighted by atomic mass is 9.96. The number of amides is 1. The van der Waals surface area contributed by atoms with Crippen molar-refractivity contribution in [2.75, 3.05) is 13.2 Å². The molecule has 1 aromatic carbocycles. The summed E-state index contributed by atoms with van der Waals surface area (Å²) < 4.78 is 5.57. The molecule has 2 N–H and O–H groups in total. The van der Waals surface area contributed by atoms with Crippen molar-refractivity contribution in [3.63, 3.8) is 0 Å². The van der Waals surface area contributed by atoms with Crippen LogP contribution < -0.4 is 10.5 Å². The normalized spacial score (nSPS) is 20.6. The highest BCUT2D eigenvalue weighted by Gasteiger charge is 2.30. The third-order valence-corrected chi connectivity index (χ3v) is 3.83. The second-order valence-corrected chi connectivity index (χ2v) is 5.35. The van der Waals surface area contributed by atoms with Crippen LogP contribution in [-0.2, 0) is 0 Å². The third kappa shape index (κ3) is 3.12. The van der Waals surface area contributed by atoms with E-state index in [4.69, 9.17) is 10.5 Å². The number of benzene rings is 1. The predicted octanol–water partition coefficient (Wildman–Crippen LogP) is 2.43. The summed E-state index contributed by atoms with van der Waals surface area (Å²) in [5.41, 5.74) is 6.69. The molecule has 1 aliphatic rings. The van der Waals surface area contributed by atoms with Gasteiger partial charge in [0, 0.05) is 18.6 Å². The van der Waals surface area contributed by atoms with Crippen molar-refractivity contribution in [3.8, 4) is 5.75 Å². The van der Waals surface area contributed by atoms with Crippen LogP contribution in [-0.4, -0.2) is 36.0 Å². The summed E-state index contributed by atoms with van der Waals surface area (Å²) in [5.74, 6) is 0.699. The fourth-order valence-electron chi connectivity index (χ4n) is 2.84. The number of hydrogen-bond acceptors (Lipinski definition) is 3. The Bertz CT molecular complexity index is 460. The van der Waals surface area contributed by atoms with Crippen LogP contribution in [0.25, 0.3) is 0 Å². The molecule has 4 nitrogen and oxygen atoms in total. The number of piperidine rings is 1. The van der Waals surface area contributed by atoms with E-state index >= 15 is 0 Å². The largest absolute Gasteiger partial charge is 0.493 e. The van der Waals surface area contributed by atoms with Crippen LogP contribution in [0.1, 0.15) is 43.5 Å². The van der Waals surface area contributed by atoms with E-state index in [9.17, 15) is 4.79 Å². The maximum absolute atomic E-state index is 12.8. The van der Waals surface area contributed by atoms with Crippen molar-refractivity contribution < 1.29 is 9.53 Å². The molecule has 2 unspecified atom stereocenters. The molecule has 1 amide bonds. The summed E-state index contributed by atoms with van der Waals surface area (Å²) in [7, 11) is 0. The van der Waals surface area contributed by atoms with Gasteiger partial charge in [-0.15, -0.1) is 0 Å². The van der Waals surface area contributed by atoms with E-state index in [1.807, 2.05) is 43.0 Å². The van der Waals surface area contributed by atoms with Gasteiger partial charge in [0.25, 0.3) is 5.91 Å². The van der Waals surface area contributed by atoms with Crippen molar-refractivity contribution in [2.24, 2.45) is 5.73 Å². The summed E-state index contributed by atoms with van der Waals surface area (Å²) in [6, 6.07) is 7.58. The number of para-hydroxylation sites is 1. The Morgan fingerprint density at radius 2 is 2.20 bits per heavy atom. The Morgan fingerprint density at radius 3 is 2.90 bits per heavy atom. The molecule has 0 aliphatic carbocycles. The topological polar surface area (TPSA) is 55.6 Å².